The third-order valence-electron chi connectivity index (χ3n) is 4.77. The van der Waals surface area contributed by atoms with Gasteiger partial charge in [0.15, 0.2) is 23.0 Å². The molecule has 4 aromatic rings. The minimum absolute atomic E-state index is 0.655. The van der Waals surface area contributed by atoms with Crippen molar-refractivity contribution in [3.63, 3.8) is 0 Å². The molecule has 0 atom stereocenters. The van der Waals surface area contributed by atoms with Gasteiger partial charge >= 0.3 is 0 Å². The summed E-state index contributed by atoms with van der Waals surface area (Å²) in [6, 6.07) is 32.1. The molecule has 0 N–H and O–H groups in total. The van der Waals surface area contributed by atoms with E-state index in [0.29, 0.717) is 23.0 Å². The maximum absolute atomic E-state index is 6.54. The number of benzene rings is 4. The van der Waals surface area contributed by atoms with E-state index in [0.717, 1.165) is 22.3 Å². The van der Waals surface area contributed by atoms with Crippen LogP contribution in [0.2, 0.25) is 0 Å². The summed E-state index contributed by atoms with van der Waals surface area (Å²) >= 11 is 0. The molecule has 0 fully saturated rings. The number of hydrogen-bond acceptors (Lipinski definition) is 3. The second-order valence-corrected chi connectivity index (χ2v) is 6.51. The first-order valence-corrected chi connectivity index (χ1v) is 9.44. The van der Waals surface area contributed by atoms with Gasteiger partial charge < -0.3 is 14.2 Å². The van der Waals surface area contributed by atoms with Crippen molar-refractivity contribution in [2.75, 3.05) is 14.2 Å². The van der Waals surface area contributed by atoms with Crippen molar-refractivity contribution in [2.45, 2.75) is 0 Å². The van der Waals surface area contributed by atoms with Gasteiger partial charge in [0.25, 0.3) is 0 Å². The fourth-order valence-electron chi connectivity index (χ4n) is 3.36. The van der Waals surface area contributed by atoms with Crippen molar-refractivity contribution in [2.24, 2.45) is 0 Å². The lowest BCUT2D eigenvalue weighted by molar-refractivity contribution is 0.358. The summed E-state index contributed by atoms with van der Waals surface area (Å²) in [6.07, 6.45) is 0. The highest BCUT2D eigenvalue weighted by molar-refractivity contribution is 5.78. The fraction of sp³-hybridized carbons (Fsp3) is 0.0769. The van der Waals surface area contributed by atoms with Crippen LogP contribution in [0.5, 0.6) is 23.0 Å². The Labute approximate surface area is 171 Å². The average molecular weight is 382 g/mol. The zero-order valence-corrected chi connectivity index (χ0v) is 16.5. The van der Waals surface area contributed by atoms with Gasteiger partial charge in [-0.15, -0.1) is 0 Å². The molecule has 0 amide bonds. The van der Waals surface area contributed by atoms with Crippen LogP contribution in [0.4, 0.5) is 0 Å². The molecule has 4 aromatic carbocycles. The number of ether oxygens (including phenoxy) is 3. The Bertz CT molecular complexity index is 1000. The summed E-state index contributed by atoms with van der Waals surface area (Å²) in [5.41, 5.74) is 4.01. The molecule has 0 spiro atoms. The van der Waals surface area contributed by atoms with E-state index in [1.54, 1.807) is 14.2 Å². The second kappa shape index (κ2) is 8.53. The first-order chi connectivity index (χ1) is 14.3. The molecule has 144 valence electrons. The molecule has 0 heterocycles. The van der Waals surface area contributed by atoms with Gasteiger partial charge in [0.2, 0.25) is 0 Å². The van der Waals surface area contributed by atoms with Gasteiger partial charge in [-0.2, -0.15) is 0 Å². The van der Waals surface area contributed by atoms with Gasteiger partial charge in [0, 0.05) is 11.1 Å². The zero-order valence-electron chi connectivity index (χ0n) is 16.5. The minimum Gasteiger partial charge on any atom is -0.493 e. The highest BCUT2D eigenvalue weighted by atomic mass is 16.5. The van der Waals surface area contributed by atoms with Gasteiger partial charge in [-0.1, -0.05) is 84.9 Å². The van der Waals surface area contributed by atoms with Crippen LogP contribution in [0.15, 0.2) is 97.1 Å². The number of hydrogen-bond donors (Lipinski definition) is 0. The summed E-state index contributed by atoms with van der Waals surface area (Å²) < 4.78 is 17.8. The number of methoxy groups -OCH3 is 2. The van der Waals surface area contributed by atoms with E-state index < -0.39 is 0 Å². The van der Waals surface area contributed by atoms with Crippen LogP contribution in [0.3, 0.4) is 0 Å². The topological polar surface area (TPSA) is 27.7 Å². The lowest BCUT2D eigenvalue weighted by Gasteiger charge is -2.19. The lowest BCUT2D eigenvalue weighted by Crippen LogP contribution is -1.97. The Kier molecular flexibility index (Phi) is 5.48. The van der Waals surface area contributed by atoms with Gasteiger partial charge in [-0.05, 0) is 23.3 Å². The molecular weight excluding hydrogens is 360 g/mol. The Morgan fingerprint density at radius 1 is 0.448 bits per heavy atom. The van der Waals surface area contributed by atoms with E-state index >= 15 is 0 Å². The molecule has 0 aliphatic carbocycles. The molecule has 0 radical (unpaired) electrons. The molecule has 0 unspecified atom stereocenters. The molecule has 0 saturated carbocycles. The fourth-order valence-corrected chi connectivity index (χ4v) is 3.36. The molecule has 29 heavy (non-hydrogen) atoms. The predicted octanol–water partition coefficient (Wildman–Crippen LogP) is 6.83. The largest absolute Gasteiger partial charge is 0.493 e. The van der Waals surface area contributed by atoms with Crippen LogP contribution in [-0.2, 0) is 0 Å². The van der Waals surface area contributed by atoms with Crippen molar-refractivity contribution < 1.29 is 14.2 Å². The van der Waals surface area contributed by atoms with Gasteiger partial charge in [0.1, 0.15) is 0 Å². The van der Waals surface area contributed by atoms with E-state index in [1.165, 1.54) is 0 Å². The van der Waals surface area contributed by atoms with Gasteiger partial charge in [-0.3, -0.25) is 0 Å². The van der Waals surface area contributed by atoms with E-state index in [2.05, 4.69) is 24.3 Å². The molecule has 4 rings (SSSR count). The van der Waals surface area contributed by atoms with Crippen LogP contribution in [0, 0.1) is 0 Å². The van der Waals surface area contributed by atoms with E-state index in [1.807, 2.05) is 72.8 Å². The van der Waals surface area contributed by atoms with Crippen molar-refractivity contribution >= 4 is 0 Å². The molecule has 3 nitrogen and oxygen atoms in total. The van der Waals surface area contributed by atoms with Crippen molar-refractivity contribution in [3.05, 3.63) is 97.1 Å². The molecule has 0 saturated heterocycles. The predicted molar refractivity (Wildman–Crippen MR) is 117 cm³/mol. The molecule has 0 aliphatic rings. The third kappa shape index (κ3) is 3.81. The first-order valence-electron chi connectivity index (χ1n) is 9.44. The van der Waals surface area contributed by atoms with Crippen LogP contribution < -0.4 is 14.2 Å². The van der Waals surface area contributed by atoms with E-state index in [4.69, 9.17) is 14.2 Å². The van der Waals surface area contributed by atoms with Gasteiger partial charge in [-0.25, -0.2) is 0 Å². The normalized spacial score (nSPS) is 10.4. The van der Waals surface area contributed by atoms with Crippen LogP contribution >= 0.6 is 0 Å². The highest BCUT2D eigenvalue weighted by Crippen LogP contribution is 2.46. The van der Waals surface area contributed by atoms with Crippen molar-refractivity contribution in [3.8, 4) is 45.3 Å². The maximum atomic E-state index is 6.54. The van der Waals surface area contributed by atoms with Crippen LogP contribution in [0.25, 0.3) is 22.3 Å². The minimum atomic E-state index is 0.655. The average Bonchev–Trinajstić information content (AvgIpc) is 2.80. The molecule has 0 bridgehead atoms. The second-order valence-electron chi connectivity index (χ2n) is 6.51. The molecular formula is C26H22O3. The quantitative estimate of drug-likeness (QED) is 0.366. The lowest BCUT2D eigenvalue weighted by atomic mass is 10.0. The Balaban J connectivity index is 1.89. The zero-order chi connectivity index (χ0) is 20.1. The summed E-state index contributed by atoms with van der Waals surface area (Å²) in [5, 5.41) is 0. The third-order valence-corrected chi connectivity index (χ3v) is 4.77. The summed E-state index contributed by atoms with van der Waals surface area (Å²) in [7, 11) is 3.30. The smallest absolute Gasteiger partial charge is 0.177 e. The van der Waals surface area contributed by atoms with Crippen molar-refractivity contribution in [1.29, 1.82) is 0 Å². The van der Waals surface area contributed by atoms with Crippen molar-refractivity contribution in [1.82, 2.24) is 0 Å². The highest BCUT2D eigenvalue weighted by Gasteiger charge is 2.19. The standard InChI is InChI=1S/C26H22O3/c1-27-23-17-9-15-21(19-11-5-3-6-12-19)25(23)29-26-22(16-10-18-24(26)28-2)20-13-7-4-8-14-20/h3-18H,1-2H3. The Morgan fingerprint density at radius 2 is 0.862 bits per heavy atom. The summed E-state index contributed by atoms with van der Waals surface area (Å²) in [5.74, 6) is 2.64. The first kappa shape index (κ1) is 18.6. The van der Waals surface area contributed by atoms with E-state index in [9.17, 15) is 0 Å². The Hall–Kier alpha value is -3.72. The summed E-state index contributed by atoms with van der Waals surface area (Å²) in [6.45, 7) is 0. The number of para-hydroxylation sites is 2. The summed E-state index contributed by atoms with van der Waals surface area (Å²) in [4.78, 5) is 0. The monoisotopic (exact) mass is 382 g/mol. The SMILES string of the molecule is COc1cccc(-c2ccccc2)c1Oc1c(OC)cccc1-c1ccccc1. The van der Waals surface area contributed by atoms with Crippen LogP contribution in [0.1, 0.15) is 0 Å². The maximum Gasteiger partial charge on any atom is 0.177 e. The van der Waals surface area contributed by atoms with Gasteiger partial charge in [0.05, 0.1) is 14.2 Å². The Morgan fingerprint density at radius 3 is 1.24 bits per heavy atom. The molecule has 0 aromatic heterocycles. The van der Waals surface area contributed by atoms with E-state index in [-0.39, 0.29) is 0 Å². The molecule has 3 heteroatoms. The molecule has 0 aliphatic heterocycles. The van der Waals surface area contributed by atoms with Crippen LogP contribution in [-0.4, -0.2) is 14.2 Å². The number of rotatable bonds is 6.